The number of hydrogen-bond acceptors (Lipinski definition) is 6. The maximum atomic E-state index is 13.7. The fourth-order valence-corrected chi connectivity index (χ4v) is 5.63. The smallest absolute Gasteiger partial charge is 0.251 e. The number of nitrogens with one attached hydrogen (secondary N) is 1. The number of amides is 2. The molecule has 1 aromatic carbocycles. The van der Waals surface area contributed by atoms with Crippen LogP contribution >= 0.6 is 0 Å². The highest BCUT2D eigenvalue weighted by Crippen LogP contribution is 2.35. The van der Waals surface area contributed by atoms with Gasteiger partial charge in [-0.15, -0.1) is 0 Å². The van der Waals surface area contributed by atoms with E-state index in [9.17, 15) is 14.4 Å². The molecule has 3 saturated heterocycles. The molecular weight excluding hydrogens is 444 g/mol. The second-order valence-electron chi connectivity index (χ2n) is 10.7. The lowest BCUT2D eigenvalue weighted by Crippen LogP contribution is -2.52. The van der Waals surface area contributed by atoms with E-state index < -0.39 is 12.1 Å². The quantitative estimate of drug-likeness (QED) is 0.609. The summed E-state index contributed by atoms with van der Waals surface area (Å²) in [5.74, 6) is -0.0874. The molecule has 0 aromatic heterocycles. The van der Waals surface area contributed by atoms with Gasteiger partial charge in [0.1, 0.15) is 18.7 Å². The van der Waals surface area contributed by atoms with Crippen LogP contribution in [-0.4, -0.2) is 92.0 Å². The molecule has 4 atom stereocenters. The van der Waals surface area contributed by atoms with Crippen molar-refractivity contribution in [3.05, 3.63) is 29.8 Å². The minimum absolute atomic E-state index is 0.0314. The van der Waals surface area contributed by atoms with Gasteiger partial charge in [-0.3, -0.25) is 14.4 Å². The molecule has 0 aliphatic carbocycles. The maximum absolute atomic E-state index is 13.7. The number of carbonyl (C=O) groups excluding carboxylic acids is 3. The van der Waals surface area contributed by atoms with Crippen LogP contribution in [-0.2, 0) is 14.3 Å². The monoisotopic (exact) mass is 484 g/mol. The Balaban J connectivity index is 1.45. The van der Waals surface area contributed by atoms with Crippen molar-refractivity contribution in [1.29, 1.82) is 0 Å². The van der Waals surface area contributed by atoms with Crippen molar-refractivity contribution in [3.63, 3.8) is 0 Å². The molecule has 1 N–H and O–H groups in total. The molecule has 0 saturated carbocycles. The van der Waals surface area contributed by atoms with Gasteiger partial charge in [0.15, 0.2) is 5.78 Å². The van der Waals surface area contributed by atoms with Crippen molar-refractivity contribution in [3.8, 4) is 0 Å². The summed E-state index contributed by atoms with van der Waals surface area (Å²) in [6, 6.07) is 6.43. The Morgan fingerprint density at radius 2 is 1.80 bits per heavy atom. The number of fused-ring (bicyclic) bond motifs is 1. The van der Waals surface area contributed by atoms with E-state index in [1.54, 1.807) is 4.90 Å². The van der Waals surface area contributed by atoms with Crippen LogP contribution in [0.25, 0.3) is 0 Å². The molecule has 2 amide bonds. The highest BCUT2D eigenvalue weighted by atomic mass is 16.5. The number of hydrogen-bond donors (Lipinski definition) is 1. The number of anilines is 1. The van der Waals surface area contributed by atoms with Gasteiger partial charge in [-0.05, 0) is 50.1 Å². The Morgan fingerprint density at radius 3 is 2.43 bits per heavy atom. The van der Waals surface area contributed by atoms with Crippen LogP contribution in [0.15, 0.2) is 24.3 Å². The van der Waals surface area contributed by atoms with Crippen LogP contribution in [0.1, 0.15) is 50.4 Å². The van der Waals surface area contributed by atoms with Crippen LogP contribution in [0.5, 0.6) is 0 Å². The summed E-state index contributed by atoms with van der Waals surface area (Å²) in [6.07, 6.45) is 2.19. The molecule has 0 unspecified atom stereocenters. The molecule has 3 fully saturated rings. The SMILES string of the molecule is CCC[C@H]1CN(C(=O)[C@H](CC(C)C)NC(=O)c2ccc(N3CCN(C)CC3)cc2)[C@@H]2C(=O)CO[C@H]12. The molecule has 1 aromatic rings. The van der Waals surface area contributed by atoms with Crippen molar-refractivity contribution in [2.24, 2.45) is 11.8 Å². The predicted molar refractivity (Wildman–Crippen MR) is 136 cm³/mol. The number of piperazine rings is 1. The highest BCUT2D eigenvalue weighted by Gasteiger charge is 2.52. The number of benzene rings is 1. The zero-order chi connectivity index (χ0) is 25.1. The molecule has 8 heteroatoms. The Hall–Kier alpha value is -2.45. The van der Waals surface area contributed by atoms with Crippen LogP contribution in [0.4, 0.5) is 5.69 Å². The number of carbonyl (C=O) groups is 3. The third-order valence-corrected chi connectivity index (χ3v) is 7.54. The van der Waals surface area contributed by atoms with Crippen molar-refractivity contribution >= 4 is 23.3 Å². The molecule has 4 rings (SSSR count). The summed E-state index contributed by atoms with van der Waals surface area (Å²) in [4.78, 5) is 45.7. The van der Waals surface area contributed by atoms with Gasteiger partial charge in [0.05, 0.1) is 6.10 Å². The first kappa shape index (κ1) is 25.6. The first-order valence-corrected chi connectivity index (χ1v) is 13.1. The summed E-state index contributed by atoms with van der Waals surface area (Å²) in [5, 5.41) is 2.99. The fourth-order valence-electron chi connectivity index (χ4n) is 5.63. The number of nitrogens with zero attached hydrogens (tertiary/aromatic N) is 3. The standard InChI is InChI=1S/C27H40N4O4/c1-5-6-20-16-31(24-23(32)17-35-25(20)24)27(34)22(15-18(2)3)28-26(33)19-7-9-21(10-8-19)30-13-11-29(4)12-14-30/h7-10,18,20,22,24-25H,5-6,11-17H2,1-4H3,(H,28,33)/t20-,22-,24+,25+/m0/s1. The Labute approximate surface area is 209 Å². The van der Waals surface area contributed by atoms with Gasteiger partial charge in [-0.25, -0.2) is 0 Å². The van der Waals surface area contributed by atoms with Crippen LogP contribution in [0.2, 0.25) is 0 Å². The van der Waals surface area contributed by atoms with E-state index in [0.717, 1.165) is 44.7 Å². The summed E-state index contributed by atoms with van der Waals surface area (Å²) in [5.41, 5.74) is 1.64. The van der Waals surface area contributed by atoms with E-state index in [1.807, 2.05) is 38.1 Å². The number of Topliss-reactive ketones (excluding diaryl/α,β-unsaturated/α-hetero) is 1. The fraction of sp³-hybridized carbons (Fsp3) is 0.667. The van der Waals surface area contributed by atoms with E-state index >= 15 is 0 Å². The lowest BCUT2D eigenvalue weighted by molar-refractivity contribution is -0.138. The normalized spacial score (nSPS) is 25.7. The highest BCUT2D eigenvalue weighted by molar-refractivity contribution is 5.99. The van der Waals surface area contributed by atoms with E-state index in [1.165, 1.54) is 0 Å². The zero-order valence-corrected chi connectivity index (χ0v) is 21.5. The van der Waals surface area contributed by atoms with Crippen molar-refractivity contribution in [1.82, 2.24) is 15.1 Å². The molecule has 3 aliphatic rings. The number of likely N-dealkylation sites (N-methyl/N-ethyl adjacent to an activating group) is 1. The first-order valence-electron chi connectivity index (χ1n) is 13.1. The summed E-state index contributed by atoms with van der Waals surface area (Å²) >= 11 is 0. The minimum Gasteiger partial charge on any atom is -0.369 e. The maximum Gasteiger partial charge on any atom is 0.251 e. The molecule has 35 heavy (non-hydrogen) atoms. The van der Waals surface area contributed by atoms with E-state index in [-0.39, 0.29) is 42.1 Å². The number of ether oxygens (including phenoxy) is 1. The molecule has 3 heterocycles. The van der Waals surface area contributed by atoms with Crippen molar-refractivity contribution in [2.75, 3.05) is 51.3 Å². The number of rotatable bonds is 8. The average Bonchev–Trinajstić information content (AvgIpc) is 3.39. The van der Waals surface area contributed by atoms with Gasteiger partial charge < -0.3 is 24.8 Å². The molecule has 0 bridgehead atoms. The van der Waals surface area contributed by atoms with Crippen molar-refractivity contribution in [2.45, 2.75) is 58.2 Å². The third kappa shape index (κ3) is 5.70. The largest absolute Gasteiger partial charge is 0.369 e. The van der Waals surface area contributed by atoms with Gasteiger partial charge in [-0.1, -0.05) is 27.2 Å². The molecule has 0 spiro atoms. The predicted octanol–water partition coefficient (Wildman–Crippen LogP) is 2.18. The van der Waals surface area contributed by atoms with Crippen molar-refractivity contribution < 1.29 is 19.1 Å². The molecular formula is C27H40N4O4. The number of likely N-dealkylation sites (tertiary alicyclic amines) is 1. The second kappa shape index (κ2) is 11.1. The summed E-state index contributed by atoms with van der Waals surface area (Å²) < 4.78 is 5.78. The second-order valence-corrected chi connectivity index (χ2v) is 10.7. The van der Waals surface area contributed by atoms with E-state index in [4.69, 9.17) is 4.74 Å². The summed E-state index contributed by atoms with van der Waals surface area (Å²) in [7, 11) is 2.13. The average molecular weight is 485 g/mol. The zero-order valence-electron chi connectivity index (χ0n) is 21.5. The van der Waals surface area contributed by atoms with Crippen LogP contribution in [0.3, 0.4) is 0 Å². The Kier molecular flexibility index (Phi) is 8.12. The van der Waals surface area contributed by atoms with Gasteiger partial charge in [0.25, 0.3) is 5.91 Å². The summed E-state index contributed by atoms with van der Waals surface area (Å²) in [6.45, 7) is 10.7. The van der Waals surface area contributed by atoms with E-state index in [0.29, 0.717) is 18.5 Å². The van der Waals surface area contributed by atoms with E-state index in [2.05, 4.69) is 29.1 Å². The van der Waals surface area contributed by atoms with Gasteiger partial charge in [0, 0.05) is 49.9 Å². The lowest BCUT2D eigenvalue weighted by Gasteiger charge is -2.34. The molecule has 8 nitrogen and oxygen atoms in total. The van der Waals surface area contributed by atoms with Gasteiger partial charge >= 0.3 is 0 Å². The van der Waals surface area contributed by atoms with Gasteiger partial charge in [0.2, 0.25) is 5.91 Å². The Morgan fingerprint density at radius 1 is 1.11 bits per heavy atom. The minimum atomic E-state index is -0.672. The lowest BCUT2D eigenvalue weighted by atomic mass is 9.97. The van der Waals surface area contributed by atoms with Gasteiger partial charge in [-0.2, -0.15) is 0 Å². The first-order chi connectivity index (χ1) is 16.8. The van der Waals surface area contributed by atoms with Crippen LogP contribution in [0, 0.1) is 11.8 Å². The van der Waals surface area contributed by atoms with Crippen LogP contribution < -0.4 is 10.2 Å². The molecule has 3 aliphatic heterocycles. The third-order valence-electron chi connectivity index (χ3n) is 7.54. The molecule has 0 radical (unpaired) electrons. The topological polar surface area (TPSA) is 82.2 Å². The molecule has 192 valence electrons. The number of ketones is 1. The Bertz CT molecular complexity index is 910.